The zero-order chi connectivity index (χ0) is 17.4. The minimum atomic E-state index is -0.512. The second kappa shape index (κ2) is 8.28. The summed E-state index contributed by atoms with van der Waals surface area (Å²) in [6, 6.07) is 9.24. The molecule has 0 aliphatic heterocycles. The predicted molar refractivity (Wildman–Crippen MR) is 86.2 cm³/mol. The molecule has 1 aromatic carbocycles. The molecule has 0 spiro atoms. The van der Waals surface area contributed by atoms with Gasteiger partial charge in [0.25, 0.3) is 11.6 Å². The summed E-state index contributed by atoms with van der Waals surface area (Å²) in [5.41, 5.74) is 0.260. The van der Waals surface area contributed by atoms with Gasteiger partial charge >= 0.3 is 0 Å². The van der Waals surface area contributed by atoms with E-state index in [0.29, 0.717) is 5.56 Å². The summed E-state index contributed by atoms with van der Waals surface area (Å²) in [5, 5.41) is 16.0. The average Bonchev–Trinajstić information content (AvgIpc) is 3.11. The molecule has 0 atom stereocenters. The van der Waals surface area contributed by atoms with Crippen LogP contribution in [0.1, 0.15) is 16.1 Å². The molecule has 2 amide bonds. The number of hydrogen-bond donors (Lipinski definition) is 2. The van der Waals surface area contributed by atoms with Gasteiger partial charge in [0, 0.05) is 25.2 Å². The van der Waals surface area contributed by atoms with Crippen molar-refractivity contribution in [3.05, 3.63) is 70.2 Å². The van der Waals surface area contributed by atoms with E-state index in [1.54, 1.807) is 24.3 Å². The normalized spacial score (nSPS) is 10.5. The lowest BCUT2D eigenvalue weighted by molar-refractivity contribution is -0.385. The quantitative estimate of drug-likeness (QED) is 0.347. The lowest BCUT2D eigenvalue weighted by atomic mass is 10.1. The summed E-state index contributed by atoms with van der Waals surface area (Å²) in [6.45, 7) is 0.442. The van der Waals surface area contributed by atoms with Gasteiger partial charge < -0.3 is 15.1 Å². The first-order valence-electron chi connectivity index (χ1n) is 7.09. The van der Waals surface area contributed by atoms with Crippen LogP contribution >= 0.6 is 0 Å². The maximum Gasteiger partial charge on any atom is 0.287 e. The molecular weight excluding hydrogens is 314 g/mol. The van der Waals surface area contributed by atoms with Gasteiger partial charge in [0.2, 0.25) is 5.91 Å². The molecule has 2 N–H and O–H groups in total. The van der Waals surface area contributed by atoms with Crippen molar-refractivity contribution in [2.24, 2.45) is 0 Å². The first kappa shape index (κ1) is 16.9. The number of hydrogen-bond acceptors (Lipinski definition) is 5. The minimum absolute atomic E-state index is 0.0766. The van der Waals surface area contributed by atoms with Crippen LogP contribution < -0.4 is 10.6 Å². The van der Waals surface area contributed by atoms with Crippen LogP contribution in [0.2, 0.25) is 0 Å². The second-order valence-electron chi connectivity index (χ2n) is 4.67. The van der Waals surface area contributed by atoms with Gasteiger partial charge in [0.15, 0.2) is 5.76 Å². The van der Waals surface area contributed by atoms with E-state index in [0.717, 1.165) is 0 Å². The van der Waals surface area contributed by atoms with Crippen LogP contribution in [0.4, 0.5) is 5.69 Å². The van der Waals surface area contributed by atoms with Crippen molar-refractivity contribution in [1.29, 1.82) is 0 Å². The van der Waals surface area contributed by atoms with Crippen LogP contribution in [0.25, 0.3) is 6.08 Å². The van der Waals surface area contributed by atoms with Gasteiger partial charge in [-0.05, 0) is 24.3 Å². The van der Waals surface area contributed by atoms with E-state index < -0.39 is 10.8 Å². The molecule has 0 bridgehead atoms. The van der Waals surface area contributed by atoms with E-state index in [1.165, 1.54) is 30.5 Å². The van der Waals surface area contributed by atoms with Gasteiger partial charge in [-0.15, -0.1) is 0 Å². The molecule has 2 rings (SSSR count). The number of nitro benzene ring substituents is 1. The maximum absolute atomic E-state index is 11.7. The lowest BCUT2D eigenvalue weighted by Crippen LogP contribution is -2.33. The molecular formula is C16H15N3O5. The van der Waals surface area contributed by atoms with Gasteiger partial charge in [-0.25, -0.2) is 0 Å². The largest absolute Gasteiger partial charge is 0.459 e. The highest BCUT2D eigenvalue weighted by Gasteiger charge is 2.10. The van der Waals surface area contributed by atoms with Crippen molar-refractivity contribution >= 4 is 23.6 Å². The monoisotopic (exact) mass is 329 g/mol. The lowest BCUT2D eigenvalue weighted by Gasteiger charge is -2.04. The molecule has 8 heteroatoms. The molecule has 124 valence electrons. The van der Waals surface area contributed by atoms with Gasteiger partial charge in [-0.2, -0.15) is 0 Å². The van der Waals surface area contributed by atoms with Crippen LogP contribution in [0, 0.1) is 10.1 Å². The fourth-order valence-electron chi connectivity index (χ4n) is 1.88. The first-order chi connectivity index (χ1) is 11.6. The Kier molecular flexibility index (Phi) is 5.84. The fourth-order valence-corrected chi connectivity index (χ4v) is 1.88. The molecule has 0 fully saturated rings. The summed E-state index contributed by atoms with van der Waals surface area (Å²) in [5.74, 6) is -0.595. The van der Waals surface area contributed by atoms with E-state index >= 15 is 0 Å². The third-order valence-corrected chi connectivity index (χ3v) is 3.00. The van der Waals surface area contributed by atoms with Crippen LogP contribution in [0.5, 0.6) is 0 Å². The van der Waals surface area contributed by atoms with Crippen molar-refractivity contribution in [2.45, 2.75) is 0 Å². The molecule has 1 heterocycles. The number of nitrogens with zero attached hydrogens (tertiary/aromatic N) is 1. The number of benzene rings is 1. The summed E-state index contributed by atoms with van der Waals surface area (Å²) in [6.07, 6.45) is 3.97. The summed E-state index contributed by atoms with van der Waals surface area (Å²) < 4.78 is 4.93. The molecule has 0 aliphatic carbocycles. The zero-order valence-electron chi connectivity index (χ0n) is 12.6. The molecule has 0 saturated heterocycles. The van der Waals surface area contributed by atoms with Crippen LogP contribution in [0.15, 0.2) is 53.2 Å². The Bertz CT molecular complexity index is 753. The molecule has 0 unspecified atom stereocenters. The van der Waals surface area contributed by atoms with Crippen LogP contribution in [-0.4, -0.2) is 29.8 Å². The first-order valence-corrected chi connectivity index (χ1v) is 7.09. The molecule has 2 aromatic rings. The molecule has 0 radical (unpaired) electrons. The van der Waals surface area contributed by atoms with Crippen molar-refractivity contribution in [3.8, 4) is 0 Å². The number of carbonyl (C=O) groups is 2. The summed E-state index contributed by atoms with van der Waals surface area (Å²) in [7, 11) is 0. The molecule has 1 aromatic heterocycles. The smallest absolute Gasteiger partial charge is 0.287 e. The predicted octanol–water partition coefficient (Wildman–Crippen LogP) is 1.75. The van der Waals surface area contributed by atoms with E-state index in [9.17, 15) is 19.7 Å². The Morgan fingerprint density at radius 2 is 1.88 bits per heavy atom. The van der Waals surface area contributed by atoms with Gasteiger partial charge in [0.05, 0.1) is 16.7 Å². The summed E-state index contributed by atoms with van der Waals surface area (Å²) >= 11 is 0. The Balaban J connectivity index is 1.77. The highest BCUT2D eigenvalue weighted by Crippen LogP contribution is 2.18. The van der Waals surface area contributed by atoms with Crippen molar-refractivity contribution in [2.75, 3.05) is 13.1 Å². The number of nitro groups is 1. The number of carbonyl (C=O) groups excluding carboxylic acids is 2. The fraction of sp³-hybridized carbons (Fsp3) is 0.125. The van der Waals surface area contributed by atoms with Crippen molar-refractivity contribution in [1.82, 2.24) is 10.6 Å². The third kappa shape index (κ3) is 4.80. The Labute approximate surface area is 137 Å². The van der Waals surface area contributed by atoms with E-state index in [-0.39, 0.29) is 30.4 Å². The van der Waals surface area contributed by atoms with E-state index in [1.807, 2.05) is 0 Å². The van der Waals surface area contributed by atoms with Crippen molar-refractivity contribution < 1.29 is 18.9 Å². The van der Waals surface area contributed by atoms with Crippen LogP contribution in [0.3, 0.4) is 0 Å². The SMILES string of the molecule is O=C(/C=C/c1ccccc1[N+](=O)[O-])NCCNC(=O)c1ccco1. The number of furan rings is 1. The molecule has 24 heavy (non-hydrogen) atoms. The summed E-state index contributed by atoms with van der Waals surface area (Å²) in [4.78, 5) is 33.6. The van der Waals surface area contributed by atoms with Gasteiger partial charge in [-0.3, -0.25) is 19.7 Å². The minimum Gasteiger partial charge on any atom is -0.459 e. The van der Waals surface area contributed by atoms with E-state index in [2.05, 4.69) is 10.6 Å². The zero-order valence-corrected chi connectivity index (χ0v) is 12.6. The highest BCUT2D eigenvalue weighted by atomic mass is 16.6. The number of para-hydroxylation sites is 1. The average molecular weight is 329 g/mol. The van der Waals surface area contributed by atoms with Gasteiger partial charge in [-0.1, -0.05) is 12.1 Å². The third-order valence-electron chi connectivity index (χ3n) is 3.00. The molecule has 0 aliphatic rings. The van der Waals surface area contributed by atoms with Crippen molar-refractivity contribution in [3.63, 3.8) is 0 Å². The van der Waals surface area contributed by atoms with Crippen LogP contribution in [-0.2, 0) is 4.79 Å². The molecule has 0 saturated carbocycles. The van der Waals surface area contributed by atoms with E-state index in [4.69, 9.17) is 4.42 Å². The topological polar surface area (TPSA) is 114 Å². The Morgan fingerprint density at radius 1 is 1.12 bits per heavy atom. The number of amides is 2. The standard InChI is InChI=1S/C16H15N3O5/c20-15(8-7-12-4-1-2-5-13(12)19(22)23)17-9-10-18-16(21)14-6-3-11-24-14/h1-8,11H,9-10H2,(H,17,20)(H,18,21)/b8-7+. The Morgan fingerprint density at radius 3 is 2.58 bits per heavy atom. The second-order valence-corrected chi connectivity index (χ2v) is 4.67. The number of nitrogens with one attached hydrogen (secondary N) is 2. The number of rotatable bonds is 7. The highest BCUT2D eigenvalue weighted by molar-refractivity contribution is 5.93. The molecule has 8 nitrogen and oxygen atoms in total. The Hall–Kier alpha value is -3.42. The van der Waals surface area contributed by atoms with Gasteiger partial charge in [0.1, 0.15) is 0 Å². The maximum atomic E-state index is 11.7.